The molecule has 1 amide bonds. The third-order valence-electron chi connectivity index (χ3n) is 3.74. The lowest BCUT2D eigenvalue weighted by molar-refractivity contribution is -0.116. The SMILES string of the molecule is COc1ccc(NC(=O)CCC2CCC2)c(C(=O)O)c1. The average molecular weight is 277 g/mol. The van der Waals surface area contributed by atoms with Gasteiger partial charge in [0.05, 0.1) is 18.4 Å². The van der Waals surface area contributed by atoms with Crippen molar-refractivity contribution in [2.24, 2.45) is 5.92 Å². The molecule has 0 heterocycles. The van der Waals surface area contributed by atoms with Crippen LogP contribution >= 0.6 is 0 Å². The van der Waals surface area contributed by atoms with E-state index in [9.17, 15) is 9.59 Å². The zero-order valence-electron chi connectivity index (χ0n) is 11.5. The van der Waals surface area contributed by atoms with Crippen molar-refractivity contribution in [3.63, 3.8) is 0 Å². The highest BCUT2D eigenvalue weighted by atomic mass is 16.5. The highest BCUT2D eigenvalue weighted by Gasteiger charge is 2.19. The molecule has 108 valence electrons. The fourth-order valence-corrected chi connectivity index (χ4v) is 2.27. The van der Waals surface area contributed by atoms with E-state index in [1.54, 1.807) is 12.1 Å². The Morgan fingerprint density at radius 3 is 2.70 bits per heavy atom. The monoisotopic (exact) mass is 277 g/mol. The predicted molar refractivity (Wildman–Crippen MR) is 75.2 cm³/mol. The summed E-state index contributed by atoms with van der Waals surface area (Å²) in [5, 5.41) is 11.8. The summed E-state index contributed by atoms with van der Waals surface area (Å²) in [6, 6.07) is 4.60. The Morgan fingerprint density at radius 2 is 2.15 bits per heavy atom. The maximum Gasteiger partial charge on any atom is 0.337 e. The fraction of sp³-hybridized carbons (Fsp3) is 0.467. The number of aromatic carboxylic acids is 1. The maximum absolute atomic E-state index is 11.9. The number of carboxylic acid groups (broad SMARTS) is 1. The molecule has 5 nitrogen and oxygen atoms in total. The summed E-state index contributed by atoms with van der Waals surface area (Å²) >= 11 is 0. The van der Waals surface area contributed by atoms with Crippen LogP contribution in [0.15, 0.2) is 18.2 Å². The molecule has 2 rings (SSSR count). The first-order valence-electron chi connectivity index (χ1n) is 6.81. The van der Waals surface area contributed by atoms with E-state index in [0.717, 1.165) is 6.42 Å². The van der Waals surface area contributed by atoms with E-state index in [-0.39, 0.29) is 11.5 Å². The average Bonchev–Trinajstić information content (AvgIpc) is 2.37. The normalized spacial score (nSPS) is 14.4. The minimum absolute atomic E-state index is 0.0429. The third kappa shape index (κ3) is 3.50. The zero-order chi connectivity index (χ0) is 14.5. The number of ether oxygens (including phenoxy) is 1. The molecule has 0 unspecified atom stereocenters. The lowest BCUT2D eigenvalue weighted by Crippen LogP contribution is -2.18. The summed E-state index contributed by atoms with van der Waals surface area (Å²) in [5.74, 6) is -0.104. The van der Waals surface area contributed by atoms with Gasteiger partial charge in [0.1, 0.15) is 5.75 Å². The number of nitrogens with one attached hydrogen (secondary N) is 1. The molecular weight excluding hydrogens is 258 g/mol. The van der Waals surface area contributed by atoms with Gasteiger partial charge < -0.3 is 15.2 Å². The van der Waals surface area contributed by atoms with Gasteiger partial charge in [0.2, 0.25) is 5.91 Å². The van der Waals surface area contributed by atoms with E-state index >= 15 is 0 Å². The molecular formula is C15H19NO4. The van der Waals surface area contributed by atoms with Crippen molar-refractivity contribution in [2.45, 2.75) is 32.1 Å². The van der Waals surface area contributed by atoms with Crippen molar-refractivity contribution in [1.29, 1.82) is 0 Å². The molecule has 1 fully saturated rings. The first-order chi connectivity index (χ1) is 9.60. The predicted octanol–water partition coefficient (Wildman–Crippen LogP) is 2.91. The van der Waals surface area contributed by atoms with Crippen LogP contribution in [0.25, 0.3) is 0 Å². The van der Waals surface area contributed by atoms with E-state index in [1.807, 2.05) is 0 Å². The summed E-state index contributed by atoms with van der Waals surface area (Å²) in [6.45, 7) is 0. The first-order valence-corrected chi connectivity index (χ1v) is 6.81. The second kappa shape index (κ2) is 6.41. The van der Waals surface area contributed by atoms with Gasteiger partial charge in [-0.2, -0.15) is 0 Å². The van der Waals surface area contributed by atoms with E-state index in [0.29, 0.717) is 23.8 Å². The van der Waals surface area contributed by atoms with Gasteiger partial charge in [-0.25, -0.2) is 4.79 Å². The van der Waals surface area contributed by atoms with Crippen LogP contribution in [0.3, 0.4) is 0 Å². The van der Waals surface area contributed by atoms with Crippen molar-refractivity contribution >= 4 is 17.6 Å². The Labute approximate surface area is 117 Å². The van der Waals surface area contributed by atoms with E-state index in [1.165, 1.54) is 32.4 Å². The largest absolute Gasteiger partial charge is 0.497 e. The van der Waals surface area contributed by atoms with Crippen molar-refractivity contribution in [3.8, 4) is 5.75 Å². The van der Waals surface area contributed by atoms with Crippen molar-refractivity contribution < 1.29 is 19.4 Å². The van der Waals surface area contributed by atoms with Gasteiger partial charge in [-0.3, -0.25) is 4.79 Å². The van der Waals surface area contributed by atoms with Crippen molar-refractivity contribution in [2.75, 3.05) is 12.4 Å². The van der Waals surface area contributed by atoms with Gasteiger partial charge in [0.15, 0.2) is 0 Å². The first kappa shape index (κ1) is 14.4. The van der Waals surface area contributed by atoms with Gasteiger partial charge in [-0.1, -0.05) is 19.3 Å². The number of methoxy groups -OCH3 is 1. The molecule has 0 saturated heterocycles. The molecule has 5 heteroatoms. The molecule has 1 saturated carbocycles. The van der Waals surface area contributed by atoms with Crippen LogP contribution in [0.1, 0.15) is 42.5 Å². The summed E-state index contributed by atoms with van der Waals surface area (Å²) in [4.78, 5) is 23.0. The van der Waals surface area contributed by atoms with Gasteiger partial charge in [0, 0.05) is 6.42 Å². The highest BCUT2D eigenvalue weighted by Crippen LogP contribution is 2.30. The molecule has 0 radical (unpaired) electrons. The minimum Gasteiger partial charge on any atom is -0.497 e. The maximum atomic E-state index is 11.9. The quantitative estimate of drug-likeness (QED) is 0.838. The Balaban J connectivity index is 1.99. The molecule has 20 heavy (non-hydrogen) atoms. The van der Waals surface area contributed by atoms with Gasteiger partial charge in [-0.15, -0.1) is 0 Å². The molecule has 2 N–H and O–H groups in total. The fourth-order valence-electron chi connectivity index (χ4n) is 2.27. The van der Waals surface area contributed by atoms with Crippen LogP contribution in [-0.4, -0.2) is 24.1 Å². The standard InChI is InChI=1S/C15H19NO4/c1-20-11-6-7-13(12(9-11)15(18)19)16-14(17)8-5-10-3-2-4-10/h6-7,9-10H,2-5,8H2,1H3,(H,16,17)(H,18,19). The van der Waals surface area contributed by atoms with Crippen LogP contribution < -0.4 is 10.1 Å². The lowest BCUT2D eigenvalue weighted by Gasteiger charge is -2.24. The molecule has 1 aromatic rings. The molecule has 0 atom stereocenters. The van der Waals surface area contributed by atoms with E-state index in [4.69, 9.17) is 9.84 Å². The second-order valence-electron chi connectivity index (χ2n) is 5.10. The molecule has 1 aromatic carbocycles. The Hall–Kier alpha value is -2.04. The molecule has 0 aliphatic heterocycles. The van der Waals surface area contributed by atoms with E-state index < -0.39 is 5.97 Å². The van der Waals surface area contributed by atoms with Crippen molar-refractivity contribution in [3.05, 3.63) is 23.8 Å². The minimum atomic E-state index is -1.09. The number of hydrogen-bond donors (Lipinski definition) is 2. The topological polar surface area (TPSA) is 75.6 Å². The van der Waals surface area contributed by atoms with Crippen molar-refractivity contribution in [1.82, 2.24) is 0 Å². The molecule has 0 bridgehead atoms. The summed E-state index contributed by atoms with van der Waals surface area (Å²) in [6.07, 6.45) is 4.99. The lowest BCUT2D eigenvalue weighted by atomic mass is 9.82. The molecule has 1 aliphatic carbocycles. The van der Waals surface area contributed by atoms with Gasteiger partial charge >= 0.3 is 5.97 Å². The molecule has 1 aliphatic rings. The number of rotatable bonds is 6. The highest BCUT2D eigenvalue weighted by molar-refractivity contribution is 6.00. The number of anilines is 1. The number of carbonyl (C=O) groups is 2. The van der Waals surface area contributed by atoms with Gasteiger partial charge in [-0.05, 0) is 30.5 Å². The molecule has 0 spiro atoms. The summed E-state index contributed by atoms with van der Waals surface area (Å²) in [5.41, 5.74) is 0.359. The number of carbonyl (C=O) groups excluding carboxylic acids is 1. The Bertz CT molecular complexity index is 509. The third-order valence-corrected chi connectivity index (χ3v) is 3.74. The smallest absolute Gasteiger partial charge is 0.337 e. The summed E-state index contributed by atoms with van der Waals surface area (Å²) in [7, 11) is 1.47. The van der Waals surface area contributed by atoms with Crippen LogP contribution in [0.2, 0.25) is 0 Å². The Kier molecular flexibility index (Phi) is 4.61. The second-order valence-corrected chi connectivity index (χ2v) is 5.10. The van der Waals surface area contributed by atoms with Crippen LogP contribution in [0.5, 0.6) is 5.75 Å². The van der Waals surface area contributed by atoms with E-state index in [2.05, 4.69) is 5.32 Å². The number of hydrogen-bond acceptors (Lipinski definition) is 3. The number of benzene rings is 1. The van der Waals surface area contributed by atoms with Crippen LogP contribution in [-0.2, 0) is 4.79 Å². The van der Waals surface area contributed by atoms with Crippen LogP contribution in [0.4, 0.5) is 5.69 Å². The Morgan fingerprint density at radius 1 is 1.40 bits per heavy atom. The van der Waals surface area contributed by atoms with Gasteiger partial charge in [0.25, 0.3) is 0 Å². The number of carboxylic acids is 1. The molecule has 0 aromatic heterocycles. The zero-order valence-corrected chi connectivity index (χ0v) is 11.5. The summed E-state index contributed by atoms with van der Waals surface area (Å²) < 4.78 is 4.99. The van der Waals surface area contributed by atoms with Crippen LogP contribution in [0, 0.1) is 5.92 Å². The number of amides is 1.